The maximum Gasteiger partial charge on any atom is 0.420 e. The van der Waals surface area contributed by atoms with E-state index < -0.39 is 36.3 Å². The lowest BCUT2D eigenvalue weighted by atomic mass is 10.0. The number of amides is 3. The van der Waals surface area contributed by atoms with E-state index in [0.717, 1.165) is 0 Å². The maximum atomic E-state index is 12.6. The minimum atomic E-state index is -4.90. The molecule has 2 unspecified atom stereocenters. The Morgan fingerprint density at radius 2 is 2.06 bits per heavy atom. The Kier molecular flexibility index (Phi) is 3.58. The van der Waals surface area contributed by atoms with E-state index in [2.05, 4.69) is 0 Å². The highest BCUT2D eigenvalue weighted by atomic mass is 35.5. The van der Waals surface area contributed by atoms with Crippen LogP contribution in [0.3, 0.4) is 0 Å². The third kappa shape index (κ3) is 2.32. The number of rotatable bonds is 3. The molecule has 2 N–H and O–H groups in total. The zero-order chi connectivity index (χ0) is 13.4. The van der Waals surface area contributed by atoms with Crippen LogP contribution in [0, 0.1) is 0 Å². The lowest BCUT2D eigenvalue weighted by Gasteiger charge is -2.24. The predicted octanol–water partition coefficient (Wildman–Crippen LogP) is 0.459. The number of β-amino-alcohol motifs (C(OH)–C–C–N with tert-alkyl or cyclic N) is 1. The molecule has 0 aromatic rings. The first-order chi connectivity index (χ1) is 7.63. The molecule has 9 heteroatoms. The molecule has 1 aliphatic heterocycles. The molecule has 0 bridgehead atoms. The molecule has 1 aliphatic rings. The number of carbonyl (C=O) groups excluding carboxylic acids is 2. The van der Waals surface area contributed by atoms with Crippen molar-refractivity contribution in [1.82, 2.24) is 10.2 Å². The fourth-order valence-corrected chi connectivity index (χ4v) is 1.41. The molecule has 1 heterocycles. The van der Waals surface area contributed by atoms with Gasteiger partial charge < -0.3 is 10.4 Å². The van der Waals surface area contributed by atoms with E-state index in [-0.39, 0.29) is 5.88 Å². The first kappa shape index (κ1) is 14.0. The summed E-state index contributed by atoms with van der Waals surface area (Å²) in [5.74, 6) is -1.74. The van der Waals surface area contributed by atoms with Crippen LogP contribution in [-0.2, 0) is 4.79 Å². The van der Waals surface area contributed by atoms with Gasteiger partial charge in [0.1, 0.15) is 0 Å². The Morgan fingerprint density at radius 3 is 2.41 bits per heavy atom. The van der Waals surface area contributed by atoms with Crippen LogP contribution in [0.25, 0.3) is 0 Å². The van der Waals surface area contributed by atoms with Gasteiger partial charge in [-0.3, -0.25) is 9.69 Å². The third-order valence-corrected chi connectivity index (χ3v) is 2.77. The highest BCUT2D eigenvalue weighted by Crippen LogP contribution is 2.35. The van der Waals surface area contributed by atoms with Crippen molar-refractivity contribution in [2.45, 2.75) is 24.7 Å². The second kappa shape index (κ2) is 4.34. The van der Waals surface area contributed by atoms with E-state index in [9.17, 15) is 22.8 Å². The molecule has 0 saturated carbocycles. The summed E-state index contributed by atoms with van der Waals surface area (Å²) in [6.07, 6.45) is -6.16. The van der Waals surface area contributed by atoms with E-state index in [0.29, 0.717) is 11.8 Å². The first-order valence-electron chi connectivity index (χ1n) is 4.58. The topological polar surface area (TPSA) is 69.6 Å². The molecule has 0 aromatic carbocycles. The average Bonchev–Trinajstić information content (AvgIpc) is 2.42. The Hall–Kier alpha value is -1.02. The molecule has 1 rings (SSSR count). The molecule has 0 aliphatic carbocycles. The summed E-state index contributed by atoms with van der Waals surface area (Å²) in [6.45, 7) is 0.000146. The SMILES string of the molecule is CC1(C(F)(F)F)NC(=O)N(CC(O)CCl)C1=O. The Bertz CT molecular complexity index is 349. The Balaban J connectivity index is 2.93. The smallest absolute Gasteiger partial charge is 0.390 e. The van der Waals surface area contributed by atoms with Gasteiger partial charge in [0, 0.05) is 0 Å². The van der Waals surface area contributed by atoms with Gasteiger partial charge in [0.05, 0.1) is 18.5 Å². The molecule has 0 radical (unpaired) electrons. The predicted molar refractivity (Wildman–Crippen MR) is 51.4 cm³/mol. The van der Waals surface area contributed by atoms with Crippen molar-refractivity contribution >= 4 is 23.5 Å². The zero-order valence-electron chi connectivity index (χ0n) is 8.71. The normalized spacial score (nSPS) is 27.3. The van der Waals surface area contributed by atoms with Crippen molar-refractivity contribution in [3.05, 3.63) is 0 Å². The van der Waals surface area contributed by atoms with E-state index >= 15 is 0 Å². The van der Waals surface area contributed by atoms with Crippen molar-refractivity contribution in [1.29, 1.82) is 0 Å². The van der Waals surface area contributed by atoms with Crippen molar-refractivity contribution < 1.29 is 27.9 Å². The molecular formula is C8H10ClF3N2O3. The van der Waals surface area contributed by atoms with Gasteiger partial charge in [-0.05, 0) is 6.92 Å². The van der Waals surface area contributed by atoms with Gasteiger partial charge in [0.25, 0.3) is 5.91 Å². The number of hydrogen-bond donors (Lipinski definition) is 2. The van der Waals surface area contributed by atoms with Crippen LogP contribution in [0.15, 0.2) is 0 Å². The fourth-order valence-electron chi connectivity index (χ4n) is 1.31. The van der Waals surface area contributed by atoms with Crippen molar-refractivity contribution in [2.24, 2.45) is 0 Å². The molecule has 1 fully saturated rings. The molecule has 0 aromatic heterocycles. The fraction of sp³-hybridized carbons (Fsp3) is 0.750. The number of alkyl halides is 4. The van der Waals surface area contributed by atoms with E-state index in [1.54, 1.807) is 5.32 Å². The number of urea groups is 1. The summed E-state index contributed by atoms with van der Waals surface area (Å²) in [5, 5.41) is 10.7. The Morgan fingerprint density at radius 1 is 1.53 bits per heavy atom. The standard InChI is InChI=1S/C8H10ClF3N2O3/c1-7(8(10,11)12)5(16)14(6(17)13-7)3-4(15)2-9/h4,15H,2-3H2,1H3,(H,13,17). The number of halogens is 4. The van der Waals surface area contributed by atoms with Crippen LogP contribution in [-0.4, -0.2) is 52.2 Å². The number of aliphatic hydroxyl groups excluding tert-OH is 1. The molecular weight excluding hydrogens is 265 g/mol. The van der Waals surface area contributed by atoms with Crippen LogP contribution in [0.5, 0.6) is 0 Å². The quantitative estimate of drug-likeness (QED) is 0.580. The number of nitrogens with zero attached hydrogens (tertiary/aromatic N) is 1. The summed E-state index contributed by atoms with van der Waals surface area (Å²) in [6, 6.07) is -1.20. The number of hydrogen-bond acceptors (Lipinski definition) is 3. The van der Waals surface area contributed by atoms with Gasteiger partial charge in [-0.2, -0.15) is 13.2 Å². The van der Waals surface area contributed by atoms with E-state index in [4.69, 9.17) is 16.7 Å². The van der Waals surface area contributed by atoms with Gasteiger partial charge in [-0.1, -0.05) is 0 Å². The summed E-state index contributed by atoms with van der Waals surface area (Å²) in [4.78, 5) is 23.0. The van der Waals surface area contributed by atoms with Crippen LogP contribution in [0.1, 0.15) is 6.92 Å². The number of imide groups is 1. The first-order valence-corrected chi connectivity index (χ1v) is 5.12. The van der Waals surface area contributed by atoms with Gasteiger partial charge in [-0.15, -0.1) is 11.6 Å². The lowest BCUT2D eigenvalue weighted by Crippen LogP contribution is -2.56. The minimum absolute atomic E-state index is 0.292. The monoisotopic (exact) mass is 274 g/mol. The molecule has 2 atom stereocenters. The van der Waals surface area contributed by atoms with Gasteiger partial charge in [0.2, 0.25) is 5.54 Å². The largest absolute Gasteiger partial charge is 0.420 e. The van der Waals surface area contributed by atoms with Gasteiger partial charge in [-0.25, -0.2) is 4.79 Å². The van der Waals surface area contributed by atoms with Crippen LogP contribution in [0.2, 0.25) is 0 Å². The molecule has 3 amide bonds. The lowest BCUT2D eigenvalue weighted by molar-refractivity contribution is -0.191. The van der Waals surface area contributed by atoms with Crippen LogP contribution in [0.4, 0.5) is 18.0 Å². The molecule has 98 valence electrons. The summed E-state index contributed by atoms with van der Waals surface area (Å²) in [5.41, 5.74) is -2.95. The summed E-state index contributed by atoms with van der Waals surface area (Å²) < 4.78 is 37.8. The van der Waals surface area contributed by atoms with E-state index in [1.165, 1.54) is 0 Å². The van der Waals surface area contributed by atoms with Gasteiger partial charge in [0.15, 0.2) is 0 Å². The van der Waals surface area contributed by atoms with E-state index in [1.807, 2.05) is 0 Å². The molecule has 1 saturated heterocycles. The number of nitrogens with one attached hydrogen (secondary N) is 1. The Labute approximate surface area is 99.5 Å². The highest BCUT2D eigenvalue weighted by molar-refractivity contribution is 6.18. The second-order valence-corrected chi connectivity index (χ2v) is 4.09. The average molecular weight is 275 g/mol. The second-order valence-electron chi connectivity index (χ2n) is 3.78. The minimum Gasteiger partial charge on any atom is -0.390 e. The molecule has 5 nitrogen and oxygen atoms in total. The summed E-state index contributed by atoms with van der Waals surface area (Å²) >= 11 is 5.24. The number of aliphatic hydroxyl groups is 1. The van der Waals surface area contributed by atoms with Crippen LogP contribution >= 0.6 is 11.6 Å². The zero-order valence-corrected chi connectivity index (χ0v) is 9.47. The van der Waals surface area contributed by atoms with Crippen LogP contribution < -0.4 is 5.32 Å². The maximum absolute atomic E-state index is 12.6. The van der Waals surface area contributed by atoms with Crippen molar-refractivity contribution in [3.63, 3.8) is 0 Å². The number of carbonyl (C=O) groups is 2. The van der Waals surface area contributed by atoms with Gasteiger partial charge >= 0.3 is 12.2 Å². The molecule has 17 heavy (non-hydrogen) atoms. The third-order valence-electron chi connectivity index (χ3n) is 2.41. The summed E-state index contributed by atoms with van der Waals surface area (Å²) in [7, 11) is 0. The van der Waals surface area contributed by atoms with Crippen molar-refractivity contribution in [3.8, 4) is 0 Å². The highest BCUT2D eigenvalue weighted by Gasteiger charge is 2.64. The van der Waals surface area contributed by atoms with Crippen molar-refractivity contribution in [2.75, 3.05) is 12.4 Å². The molecule has 0 spiro atoms.